The summed E-state index contributed by atoms with van der Waals surface area (Å²) in [6, 6.07) is 4.85. The van der Waals surface area contributed by atoms with E-state index in [2.05, 4.69) is 0 Å². The first-order chi connectivity index (χ1) is 8.39. The molecule has 100 valence electrons. The molecule has 1 aliphatic heterocycles. The number of ether oxygens (including phenoxy) is 1. The van der Waals surface area contributed by atoms with Crippen LogP contribution in [0.25, 0.3) is 0 Å². The molecule has 0 aliphatic carbocycles. The van der Waals surface area contributed by atoms with Crippen LogP contribution in [0, 0.1) is 5.92 Å². The van der Waals surface area contributed by atoms with Crippen molar-refractivity contribution >= 4 is 0 Å². The van der Waals surface area contributed by atoms with Crippen LogP contribution in [0.5, 0.6) is 0 Å². The maximum atomic E-state index is 12.6. The van der Waals surface area contributed by atoms with Crippen molar-refractivity contribution < 1.29 is 23.0 Å². The van der Waals surface area contributed by atoms with Crippen molar-refractivity contribution in [3.05, 3.63) is 35.4 Å². The van der Waals surface area contributed by atoms with Gasteiger partial charge in [-0.05, 0) is 31.0 Å². The van der Waals surface area contributed by atoms with Gasteiger partial charge in [0.1, 0.15) is 0 Å². The van der Waals surface area contributed by atoms with Gasteiger partial charge in [-0.2, -0.15) is 13.2 Å². The van der Waals surface area contributed by atoms with Gasteiger partial charge in [-0.1, -0.05) is 12.1 Å². The first-order valence-corrected chi connectivity index (χ1v) is 5.86. The summed E-state index contributed by atoms with van der Waals surface area (Å²) in [6.07, 6.45) is -4.76. The second-order valence-electron chi connectivity index (χ2n) is 4.60. The van der Waals surface area contributed by atoms with Crippen molar-refractivity contribution in [3.63, 3.8) is 0 Å². The Kier molecular flexibility index (Phi) is 3.64. The quantitative estimate of drug-likeness (QED) is 0.885. The van der Waals surface area contributed by atoms with E-state index in [1.54, 1.807) is 0 Å². The first kappa shape index (κ1) is 13.4. The van der Waals surface area contributed by atoms with Gasteiger partial charge in [0.25, 0.3) is 0 Å². The van der Waals surface area contributed by atoms with Crippen molar-refractivity contribution in [2.75, 3.05) is 6.61 Å². The zero-order valence-electron chi connectivity index (χ0n) is 9.95. The Bertz CT molecular complexity index is 417. The lowest BCUT2D eigenvalue weighted by atomic mass is 9.90. The summed E-state index contributed by atoms with van der Waals surface area (Å²) in [6.45, 7) is 2.37. The van der Waals surface area contributed by atoms with Crippen LogP contribution in [-0.4, -0.2) is 17.8 Å². The maximum Gasteiger partial charge on any atom is 0.416 e. The highest BCUT2D eigenvalue weighted by Crippen LogP contribution is 2.36. The molecule has 2 nitrogen and oxygen atoms in total. The summed E-state index contributed by atoms with van der Waals surface area (Å²) < 4.78 is 43.1. The molecule has 0 bridgehead atoms. The number of halogens is 3. The average molecular weight is 260 g/mol. The molecular weight excluding hydrogens is 245 g/mol. The molecule has 1 fully saturated rings. The van der Waals surface area contributed by atoms with E-state index in [1.165, 1.54) is 12.1 Å². The molecule has 18 heavy (non-hydrogen) atoms. The molecule has 1 saturated heterocycles. The lowest BCUT2D eigenvalue weighted by Gasteiger charge is -2.22. The Labute approximate surface area is 103 Å². The van der Waals surface area contributed by atoms with Crippen LogP contribution < -0.4 is 0 Å². The predicted octanol–water partition coefficient (Wildman–Crippen LogP) is 3.16. The van der Waals surface area contributed by atoms with E-state index in [0.717, 1.165) is 12.1 Å². The van der Waals surface area contributed by atoms with Gasteiger partial charge in [0.05, 0.1) is 17.8 Å². The molecule has 0 amide bonds. The Morgan fingerprint density at radius 2 is 2.11 bits per heavy atom. The first-order valence-electron chi connectivity index (χ1n) is 5.86. The van der Waals surface area contributed by atoms with Gasteiger partial charge in [-0.15, -0.1) is 0 Å². The van der Waals surface area contributed by atoms with Gasteiger partial charge in [-0.25, -0.2) is 0 Å². The van der Waals surface area contributed by atoms with E-state index < -0.39 is 17.8 Å². The number of hydrogen-bond donors (Lipinski definition) is 1. The molecule has 0 spiro atoms. The number of aliphatic hydroxyl groups excluding tert-OH is 1. The largest absolute Gasteiger partial charge is 0.416 e. The standard InChI is InChI=1S/C13H15F3O2/c1-8-11(5-6-18-8)12(17)9-3-2-4-10(7-9)13(14,15)16/h2-4,7-8,11-12,17H,5-6H2,1H3. The fourth-order valence-electron chi connectivity index (χ4n) is 2.31. The zero-order valence-corrected chi connectivity index (χ0v) is 9.95. The van der Waals surface area contributed by atoms with Crippen LogP contribution >= 0.6 is 0 Å². The molecule has 0 radical (unpaired) electrons. The van der Waals surface area contributed by atoms with E-state index in [-0.39, 0.29) is 12.0 Å². The molecule has 5 heteroatoms. The highest BCUT2D eigenvalue weighted by atomic mass is 19.4. The van der Waals surface area contributed by atoms with E-state index in [1.807, 2.05) is 6.92 Å². The van der Waals surface area contributed by atoms with Gasteiger partial charge < -0.3 is 9.84 Å². The Morgan fingerprint density at radius 3 is 2.67 bits per heavy atom. The minimum atomic E-state index is -4.38. The molecule has 0 aromatic heterocycles. The van der Waals surface area contributed by atoms with Crippen LogP contribution in [-0.2, 0) is 10.9 Å². The number of rotatable bonds is 2. The number of alkyl halides is 3. The fraction of sp³-hybridized carbons (Fsp3) is 0.538. The van der Waals surface area contributed by atoms with Gasteiger partial charge in [0.15, 0.2) is 0 Å². The lowest BCUT2D eigenvalue weighted by Crippen LogP contribution is -2.20. The van der Waals surface area contributed by atoms with Crippen molar-refractivity contribution in [3.8, 4) is 0 Å². The summed E-state index contributed by atoms with van der Waals surface area (Å²) in [5.41, 5.74) is -0.433. The SMILES string of the molecule is CC1OCCC1C(O)c1cccc(C(F)(F)F)c1. The summed E-state index contributed by atoms with van der Waals surface area (Å²) in [7, 11) is 0. The molecule has 2 rings (SSSR count). The summed E-state index contributed by atoms with van der Waals surface area (Å²) in [4.78, 5) is 0. The molecule has 1 aliphatic rings. The average Bonchev–Trinajstić information content (AvgIpc) is 2.73. The predicted molar refractivity (Wildman–Crippen MR) is 59.9 cm³/mol. The Hall–Kier alpha value is -1.07. The topological polar surface area (TPSA) is 29.5 Å². The van der Waals surface area contributed by atoms with Crippen molar-refractivity contribution in [2.45, 2.75) is 31.7 Å². The monoisotopic (exact) mass is 260 g/mol. The highest BCUT2D eigenvalue weighted by Gasteiger charge is 2.34. The van der Waals surface area contributed by atoms with Crippen LogP contribution in [0.15, 0.2) is 24.3 Å². The summed E-state index contributed by atoms with van der Waals surface area (Å²) in [5, 5.41) is 10.1. The number of benzene rings is 1. The Balaban J connectivity index is 2.23. The molecule has 1 N–H and O–H groups in total. The zero-order chi connectivity index (χ0) is 13.3. The number of aliphatic hydroxyl groups is 1. The molecule has 1 aromatic carbocycles. The van der Waals surface area contributed by atoms with Gasteiger partial charge in [0.2, 0.25) is 0 Å². The van der Waals surface area contributed by atoms with Gasteiger partial charge in [0, 0.05) is 12.5 Å². The smallest absolute Gasteiger partial charge is 0.388 e. The highest BCUT2D eigenvalue weighted by molar-refractivity contribution is 5.27. The van der Waals surface area contributed by atoms with E-state index >= 15 is 0 Å². The van der Waals surface area contributed by atoms with Crippen molar-refractivity contribution in [1.29, 1.82) is 0 Å². The molecule has 0 saturated carbocycles. The second kappa shape index (κ2) is 4.90. The van der Waals surface area contributed by atoms with E-state index in [4.69, 9.17) is 4.74 Å². The normalized spacial score (nSPS) is 26.3. The minimum absolute atomic E-state index is 0.130. The third-order valence-corrected chi connectivity index (χ3v) is 3.40. The molecule has 3 unspecified atom stereocenters. The van der Waals surface area contributed by atoms with Crippen molar-refractivity contribution in [2.24, 2.45) is 5.92 Å². The fourth-order valence-corrected chi connectivity index (χ4v) is 2.31. The van der Waals surface area contributed by atoms with Crippen molar-refractivity contribution in [1.82, 2.24) is 0 Å². The molecule has 1 heterocycles. The molecular formula is C13H15F3O2. The third-order valence-electron chi connectivity index (χ3n) is 3.40. The Morgan fingerprint density at radius 1 is 1.39 bits per heavy atom. The summed E-state index contributed by atoms with van der Waals surface area (Å²) >= 11 is 0. The van der Waals surface area contributed by atoms with Crippen LogP contribution in [0.2, 0.25) is 0 Å². The molecule has 3 atom stereocenters. The maximum absolute atomic E-state index is 12.6. The summed E-state index contributed by atoms with van der Waals surface area (Å²) in [5.74, 6) is -0.145. The van der Waals surface area contributed by atoms with Crippen LogP contribution in [0.3, 0.4) is 0 Å². The lowest BCUT2D eigenvalue weighted by molar-refractivity contribution is -0.137. The minimum Gasteiger partial charge on any atom is -0.388 e. The van der Waals surface area contributed by atoms with E-state index in [0.29, 0.717) is 18.6 Å². The van der Waals surface area contributed by atoms with E-state index in [9.17, 15) is 18.3 Å². The van der Waals surface area contributed by atoms with Crippen LogP contribution in [0.1, 0.15) is 30.6 Å². The van der Waals surface area contributed by atoms with Gasteiger partial charge in [-0.3, -0.25) is 0 Å². The van der Waals surface area contributed by atoms with Gasteiger partial charge >= 0.3 is 6.18 Å². The number of hydrogen-bond acceptors (Lipinski definition) is 2. The molecule has 1 aromatic rings. The third kappa shape index (κ3) is 2.67. The second-order valence-corrected chi connectivity index (χ2v) is 4.60. The van der Waals surface area contributed by atoms with Crippen LogP contribution in [0.4, 0.5) is 13.2 Å².